The first-order valence-corrected chi connectivity index (χ1v) is 13.7. The molecule has 2 aromatic rings. The third-order valence-electron chi connectivity index (χ3n) is 6.69. The van der Waals surface area contributed by atoms with Gasteiger partial charge in [0.15, 0.2) is 0 Å². The van der Waals surface area contributed by atoms with E-state index in [2.05, 4.69) is 28.0 Å². The third kappa shape index (κ3) is 5.47. The van der Waals surface area contributed by atoms with E-state index in [-0.39, 0.29) is 30.0 Å². The highest BCUT2D eigenvalue weighted by Crippen LogP contribution is 2.36. The Morgan fingerprint density at radius 1 is 1.13 bits per heavy atom. The van der Waals surface area contributed by atoms with Gasteiger partial charge in [-0.3, -0.25) is 23.9 Å². The highest BCUT2D eigenvalue weighted by Gasteiger charge is 2.34. The molecule has 4 rings (SSSR count). The van der Waals surface area contributed by atoms with Crippen LogP contribution >= 0.6 is 24.0 Å². The lowest BCUT2D eigenvalue weighted by atomic mass is 10.0. The number of pyridine rings is 1. The van der Waals surface area contributed by atoms with Crippen molar-refractivity contribution < 1.29 is 14.7 Å². The van der Waals surface area contributed by atoms with Gasteiger partial charge in [0.25, 0.3) is 11.5 Å². The van der Waals surface area contributed by atoms with Gasteiger partial charge in [0.05, 0.1) is 11.3 Å². The second-order valence-corrected chi connectivity index (χ2v) is 10.8. The van der Waals surface area contributed by atoms with Gasteiger partial charge in [-0.15, -0.1) is 0 Å². The summed E-state index contributed by atoms with van der Waals surface area (Å²) in [4.78, 5) is 43.7. The number of carboxylic acid groups (broad SMARTS) is 1. The predicted molar refractivity (Wildman–Crippen MR) is 153 cm³/mol. The summed E-state index contributed by atoms with van der Waals surface area (Å²) in [5.74, 6) is -0.690. The van der Waals surface area contributed by atoms with Crippen molar-refractivity contribution in [3.05, 3.63) is 62.3 Å². The van der Waals surface area contributed by atoms with Crippen molar-refractivity contribution >= 4 is 57.8 Å². The van der Waals surface area contributed by atoms with Crippen LogP contribution in [0.4, 0.5) is 11.5 Å². The Bertz CT molecular complexity index is 1390. The van der Waals surface area contributed by atoms with Crippen LogP contribution in [0.25, 0.3) is 6.08 Å². The first-order chi connectivity index (χ1) is 18.3. The van der Waals surface area contributed by atoms with Crippen molar-refractivity contribution in [3.8, 4) is 6.07 Å². The molecule has 1 N–H and O–H groups in total. The first-order valence-electron chi connectivity index (χ1n) is 12.5. The Kier molecular flexibility index (Phi) is 8.54. The molecule has 0 unspecified atom stereocenters. The number of anilines is 2. The van der Waals surface area contributed by atoms with Gasteiger partial charge in [-0.2, -0.15) is 5.26 Å². The molecule has 2 fully saturated rings. The summed E-state index contributed by atoms with van der Waals surface area (Å²) in [6.45, 7) is 6.94. The molecule has 0 bridgehead atoms. The summed E-state index contributed by atoms with van der Waals surface area (Å²) in [5.41, 5.74) is 2.01. The van der Waals surface area contributed by atoms with E-state index in [1.54, 1.807) is 17.6 Å². The highest BCUT2D eigenvalue weighted by atomic mass is 32.2. The molecule has 11 heteroatoms. The molecule has 1 aromatic heterocycles. The zero-order valence-electron chi connectivity index (χ0n) is 21.3. The monoisotopic (exact) mass is 551 g/mol. The van der Waals surface area contributed by atoms with Gasteiger partial charge in [0.1, 0.15) is 21.8 Å². The number of hydrogen-bond acceptors (Lipinski definition) is 8. The van der Waals surface area contributed by atoms with Gasteiger partial charge in [-0.25, -0.2) is 0 Å². The number of hydrogen-bond donors (Lipinski definition) is 1. The van der Waals surface area contributed by atoms with Crippen molar-refractivity contribution in [1.29, 1.82) is 5.26 Å². The van der Waals surface area contributed by atoms with Gasteiger partial charge < -0.3 is 14.9 Å². The molecule has 0 radical (unpaired) electrons. The Morgan fingerprint density at radius 2 is 1.79 bits per heavy atom. The van der Waals surface area contributed by atoms with Crippen molar-refractivity contribution in [2.24, 2.45) is 0 Å². The molecular weight excluding hydrogens is 522 g/mol. The van der Waals surface area contributed by atoms with Gasteiger partial charge in [-0.1, -0.05) is 49.1 Å². The SMILES string of the molecule is CCCn1c(N2CCN(c3ccccc3)CC2)c(/C=C2/SC(=S)N(CCC(=O)O)C2=O)c(C)c(C#N)c1=O. The van der Waals surface area contributed by atoms with Crippen LogP contribution in [0.1, 0.15) is 36.5 Å². The lowest BCUT2D eigenvalue weighted by molar-refractivity contribution is -0.137. The van der Waals surface area contributed by atoms with Crippen LogP contribution in [0, 0.1) is 18.3 Å². The average molecular weight is 552 g/mol. The number of thioether (sulfide) groups is 1. The number of carbonyl (C=O) groups excluding carboxylic acids is 1. The second kappa shape index (κ2) is 11.8. The number of aliphatic carboxylic acids is 1. The number of carboxylic acids is 1. The number of aromatic nitrogens is 1. The maximum Gasteiger partial charge on any atom is 0.305 e. The van der Waals surface area contributed by atoms with Crippen molar-refractivity contribution in [3.63, 3.8) is 0 Å². The van der Waals surface area contributed by atoms with E-state index in [0.717, 1.165) is 30.5 Å². The van der Waals surface area contributed by atoms with Crippen molar-refractivity contribution in [2.75, 3.05) is 42.5 Å². The molecular formula is C27H29N5O4S2. The number of nitriles is 1. The van der Waals surface area contributed by atoms with Crippen molar-refractivity contribution in [2.45, 2.75) is 33.2 Å². The molecule has 0 atom stereocenters. The Labute approximate surface area is 230 Å². The van der Waals surface area contributed by atoms with Crippen LogP contribution in [0.5, 0.6) is 0 Å². The molecule has 0 saturated carbocycles. The number of amides is 1. The molecule has 198 valence electrons. The summed E-state index contributed by atoms with van der Waals surface area (Å²) >= 11 is 6.47. The van der Waals surface area contributed by atoms with Gasteiger partial charge in [-0.05, 0) is 37.1 Å². The molecule has 38 heavy (non-hydrogen) atoms. The predicted octanol–water partition coefficient (Wildman–Crippen LogP) is 3.44. The minimum atomic E-state index is -1.01. The molecule has 0 spiro atoms. The normalized spacial score (nSPS) is 16.9. The molecule has 0 aliphatic carbocycles. The number of nitrogens with zero attached hydrogens (tertiary/aromatic N) is 5. The Morgan fingerprint density at radius 3 is 2.39 bits per heavy atom. The van der Waals surface area contributed by atoms with Crippen LogP contribution in [-0.2, 0) is 16.1 Å². The standard InChI is InChI=1S/C27H29N5O4S2/c1-3-10-31-24(30-14-12-29(13-15-30)19-7-5-4-6-8-19)20(18(2)21(17-28)25(31)35)16-22-26(36)32(27(37)38-22)11-9-23(33)34/h4-8,16H,3,9-15H2,1-2H3,(H,33,34)/b22-16+. The zero-order valence-corrected chi connectivity index (χ0v) is 23.0. The van der Waals surface area contributed by atoms with E-state index in [4.69, 9.17) is 17.3 Å². The van der Waals surface area contributed by atoms with Crippen LogP contribution < -0.4 is 15.4 Å². The van der Waals surface area contributed by atoms with E-state index in [1.165, 1.54) is 4.90 Å². The summed E-state index contributed by atoms with van der Waals surface area (Å²) < 4.78 is 1.95. The Balaban J connectivity index is 1.77. The lowest BCUT2D eigenvalue weighted by Crippen LogP contribution is -2.48. The average Bonchev–Trinajstić information content (AvgIpc) is 3.18. The number of rotatable bonds is 8. The highest BCUT2D eigenvalue weighted by molar-refractivity contribution is 8.26. The zero-order chi connectivity index (χ0) is 27.4. The van der Waals surface area contributed by atoms with E-state index >= 15 is 0 Å². The molecule has 2 saturated heterocycles. The fourth-order valence-electron chi connectivity index (χ4n) is 4.76. The van der Waals surface area contributed by atoms with E-state index in [1.807, 2.05) is 25.1 Å². The fraction of sp³-hybridized carbons (Fsp3) is 0.370. The fourth-order valence-corrected chi connectivity index (χ4v) is 6.05. The van der Waals surface area contributed by atoms with E-state index in [9.17, 15) is 19.6 Å². The quantitative estimate of drug-likeness (QED) is 0.390. The van der Waals surface area contributed by atoms with Crippen LogP contribution in [0.3, 0.4) is 0 Å². The summed E-state index contributed by atoms with van der Waals surface area (Å²) in [7, 11) is 0. The maximum atomic E-state index is 13.4. The topological polar surface area (TPSA) is 110 Å². The lowest BCUT2D eigenvalue weighted by Gasteiger charge is -2.39. The number of para-hydroxylation sites is 1. The largest absolute Gasteiger partial charge is 0.481 e. The van der Waals surface area contributed by atoms with Crippen LogP contribution in [0.15, 0.2) is 40.0 Å². The molecule has 1 amide bonds. The number of thiocarbonyl (C=S) groups is 1. The number of carbonyl (C=O) groups is 2. The number of piperazine rings is 1. The minimum Gasteiger partial charge on any atom is -0.481 e. The Hall–Kier alpha value is -3.62. The van der Waals surface area contributed by atoms with Crippen molar-refractivity contribution in [1.82, 2.24) is 9.47 Å². The first kappa shape index (κ1) is 27.4. The van der Waals surface area contributed by atoms with Crippen LogP contribution in [0.2, 0.25) is 0 Å². The van der Waals surface area contributed by atoms with E-state index < -0.39 is 5.97 Å². The summed E-state index contributed by atoms with van der Waals surface area (Å²) in [6.07, 6.45) is 2.19. The molecule has 2 aliphatic heterocycles. The molecule has 3 heterocycles. The second-order valence-electron chi connectivity index (χ2n) is 9.09. The van der Waals surface area contributed by atoms with E-state index in [0.29, 0.717) is 52.2 Å². The third-order valence-corrected chi connectivity index (χ3v) is 8.07. The number of benzene rings is 1. The molecule has 1 aromatic carbocycles. The van der Waals surface area contributed by atoms with Crippen LogP contribution in [-0.4, -0.2) is 63.5 Å². The summed E-state index contributed by atoms with van der Waals surface area (Å²) in [6, 6.07) is 12.2. The minimum absolute atomic E-state index is 0.0105. The summed E-state index contributed by atoms with van der Waals surface area (Å²) in [5, 5.41) is 18.9. The van der Waals surface area contributed by atoms with Gasteiger partial charge in [0.2, 0.25) is 0 Å². The molecule has 2 aliphatic rings. The van der Waals surface area contributed by atoms with Gasteiger partial charge in [0, 0.05) is 50.5 Å². The van der Waals surface area contributed by atoms with Gasteiger partial charge >= 0.3 is 5.97 Å². The maximum absolute atomic E-state index is 13.4. The smallest absolute Gasteiger partial charge is 0.305 e. The molecule has 9 nitrogen and oxygen atoms in total.